The SMILES string of the molecule is CCC(NC(=O)COc1ccc(Br)cc1Br)c1ncc[nH]1. The maximum Gasteiger partial charge on any atom is 0.258 e. The van der Waals surface area contributed by atoms with E-state index in [-0.39, 0.29) is 18.6 Å². The van der Waals surface area contributed by atoms with E-state index in [1.165, 1.54) is 0 Å². The highest BCUT2D eigenvalue weighted by atomic mass is 79.9. The lowest BCUT2D eigenvalue weighted by atomic mass is 10.2. The van der Waals surface area contributed by atoms with Crippen LogP contribution in [-0.4, -0.2) is 22.5 Å². The predicted molar refractivity (Wildman–Crippen MR) is 87.1 cm³/mol. The Hall–Kier alpha value is -1.34. The van der Waals surface area contributed by atoms with Crippen LogP contribution in [0.3, 0.4) is 0 Å². The molecule has 0 radical (unpaired) electrons. The Morgan fingerprint density at radius 2 is 2.29 bits per heavy atom. The number of benzene rings is 1. The van der Waals surface area contributed by atoms with Crippen molar-refractivity contribution in [2.45, 2.75) is 19.4 Å². The summed E-state index contributed by atoms with van der Waals surface area (Å²) in [5.74, 6) is 1.18. The first-order valence-corrected chi connectivity index (χ1v) is 8.05. The Bertz CT molecular complexity index is 602. The molecule has 7 heteroatoms. The molecule has 0 saturated carbocycles. The molecule has 1 aromatic heterocycles. The van der Waals surface area contributed by atoms with Crippen LogP contribution in [0.4, 0.5) is 0 Å². The summed E-state index contributed by atoms with van der Waals surface area (Å²) in [5, 5.41) is 2.89. The second-order valence-corrected chi connectivity index (χ2v) is 6.14. The van der Waals surface area contributed by atoms with Gasteiger partial charge in [0.2, 0.25) is 0 Å². The van der Waals surface area contributed by atoms with Crippen LogP contribution in [0.15, 0.2) is 39.5 Å². The molecule has 0 aliphatic heterocycles. The van der Waals surface area contributed by atoms with Crippen molar-refractivity contribution in [2.24, 2.45) is 0 Å². The van der Waals surface area contributed by atoms with Gasteiger partial charge in [-0.3, -0.25) is 4.79 Å². The van der Waals surface area contributed by atoms with Crippen LogP contribution in [0.1, 0.15) is 25.2 Å². The maximum absolute atomic E-state index is 12.0. The highest BCUT2D eigenvalue weighted by Gasteiger charge is 2.15. The predicted octanol–water partition coefficient (Wildman–Crippen LogP) is 3.58. The molecule has 0 aliphatic rings. The van der Waals surface area contributed by atoms with Gasteiger partial charge in [0.1, 0.15) is 11.6 Å². The molecule has 0 saturated heterocycles. The van der Waals surface area contributed by atoms with Crippen LogP contribution in [0.2, 0.25) is 0 Å². The minimum atomic E-state index is -0.187. The standard InChI is InChI=1S/C14H15Br2N3O2/c1-2-11(14-17-5-6-18-14)19-13(20)8-21-12-4-3-9(15)7-10(12)16/h3-7,11H,2,8H2,1H3,(H,17,18)(H,19,20). The Morgan fingerprint density at radius 1 is 1.48 bits per heavy atom. The Balaban J connectivity index is 1.89. The van der Waals surface area contributed by atoms with E-state index in [1.54, 1.807) is 18.5 Å². The lowest BCUT2D eigenvalue weighted by Gasteiger charge is -2.15. The first-order chi connectivity index (χ1) is 10.1. The second-order valence-electron chi connectivity index (χ2n) is 4.37. The Labute approximate surface area is 139 Å². The third kappa shape index (κ3) is 4.57. The lowest BCUT2D eigenvalue weighted by molar-refractivity contribution is -0.123. The molecule has 0 aliphatic carbocycles. The van der Waals surface area contributed by atoms with Crippen LogP contribution in [0.25, 0.3) is 0 Å². The molecule has 0 fully saturated rings. The third-order valence-electron chi connectivity index (χ3n) is 2.85. The number of aromatic amines is 1. The number of carbonyl (C=O) groups excluding carboxylic acids is 1. The minimum Gasteiger partial charge on any atom is -0.483 e. The van der Waals surface area contributed by atoms with Crippen LogP contribution in [-0.2, 0) is 4.79 Å². The van der Waals surface area contributed by atoms with Crippen molar-refractivity contribution in [3.63, 3.8) is 0 Å². The van der Waals surface area contributed by atoms with Gasteiger partial charge in [0.15, 0.2) is 6.61 Å². The van der Waals surface area contributed by atoms with Gasteiger partial charge >= 0.3 is 0 Å². The molecule has 1 heterocycles. The highest BCUT2D eigenvalue weighted by molar-refractivity contribution is 9.11. The number of nitrogens with one attached hydrogen (secondary N) is 2. The fourth-order valence-electron chi connectivity index (χ4n) is 1.80. The largest absolute Gasteiger partial charge is 0.483 e. The third-order valence-corrected chi connectivity index (χ3v) is 3.96. The van der Waals surface area contributed by atoms with Gasteiger partial charge < -0.3 is 15.0 Å². The summed E-state index contributed by atoms with van der Waals surface area (Å²) in [6.45, 7) is 1.94. The van der Waals surface area contributed by atoms with Crippen LogP contribution < -0.4 is 10.1 Å². The van der Waals surface area contributed by atoms with Crippen molar-refractivity contribution in [2.75, 3.05) is 6.61 Å². The Kier molecular flexibility index (Phi) is 5.81. The summed E-state index contributed by atoms with van der Waals surface area (Å²) in [6, 6.07) is 5.38. The molecule has 1 unspecified atom stereocenters. The molecule has 2 N–H and O–H groups in total. The minimum absolute atomic E-state index is 0.0442. The second kappa shape index (κ2) is 7.61. The summed E-state index contributed by atoms with van der Waals surface area (Å²) in [5.41, 5.74) is 0. The zero-order valence-electron chi connectivity index (χ0n) is 11.4. The van der Waals surface area contributed by atoms with Gasteiger partial charge in [-0.1, -0.05) is 22.9 Å². The maximum atomic E-state index is 12.0. The molecule has 1 atom stereocenters. The zero-order chi connectivity index (χ0) is 15.2. The molecule has 2 rings (SSSR count). The van der Waals surface area contributed by atoms with Crippen LogP contribution >= 0.6 is 31.9 Å². The topological polar surface area (TPSA) is 67.0 Å². The average Bonchev–Trinajstić information content (AvgIpc) is 2.98. The summed E-state index contributed by atoms with van der Waals surface area (Å²) < 4.78 is 7.24. The fourth-order valence-corrected chi connectivity index (χ4v) is 2.96. The summed E-state index contributed by atoms with van der Waals surface area (Å²) >= 11 is 6.76. The number of rotatable bonds is 6. The smallest absolute Gasteiger partial charge is 0.258 e. The van der Waals surface area contributed by atoms with Gasteiger partial charge in [-0.25, -0.2) is 4.98 Å². The first kappa shape index (κ1) is 16.0. The number of imidazole rings is 1. The number of nitrogens with zero attached hydrogens (tertiary/aromatic N) is 1. The van der Waals surface area contributed by atoms with Gasteiger partial charge in [-0.15, -0.1) is 0 Å². The number of halogens is 2. The lowest BCUT2D eigenvalue weighted by Crippen LogP contribution is -2.33. The van der Waals surface area contributed by atoms with Crippen molar-refractivity contribution in [3.8, 4) is 5.75 Å². The van der Waals surface area contributed by atoms with Gasteiger partial charge in [0.25, 0.3) is 5.91 Å². The summed E-state index contributed by atoms with van der Waals surface area (Å²) in [4.78, 5) is 19.1. The van der Waals surface area contributed by atoms with Crippen molar-refractivity contribution < 1.29 is 9.53 Å². The molecule has 21 heavy (non-hydrogen) atoms. The van der Waals surface area contributed by atoms with E-state index in [0.717, 1.165) is 21.2 Å². The molecule has 112 valence electrons. The number of H-pyrrole nitrogens is 1. The molecule has 1 amide bonds. The monoisotopic (exact) mass is 415 g/mol. The Morgan fingerprint density at radius 3 is 2.90 bits per heavy atom. The van der Waals surface area contributed by atoms with E-state index >= 15 is 0 Å². The van der Waals surface area contributed by atoms with Gasteiger partial charge in [0, 0.05) is 16.9 Å². The van der Waals surface area contributed by atoms with E-state index in [2.05, 4.69) is 47.1 Å². The molecule has 1 aromatic carbocycles. The summed E-state index contributed by atoms with van der Waals surface area (Å²) in [7, 11) is 0. The quantitative estimate of drug-likeness (QED) is 0.756. The number of ether oxygens (including phenoxy) is 1. The summed E-state index contributed by atoms with van der Waals surface area (Å²) in [6.07, 6.45) is 4.15. The number of amides is 1. The van der Waals surface area contributed by atoms with E-state index in [4.69, 9.17) is 4.74 Å². The average molecular weight is 417 g/mol. The van der Waals surface area contributed by atoms with Crippen molar-refractivity contribution in [3.05, 3.63) is 45.4 Å². The van der Waals surface area contributed by atoms with Gasteiger partial charge in [-0.05, 0) is 40.5 Å². The van der Waals surface area contributed by atoms with Crippen LogP contribution in [0, 0.1) is 0 Å². The van der Waals surface area contributed by atoms with E-state index in [1.807, 2.05) is 19.1 Å². The molecule has 2 aromatic rings. The highest BCUT2D eigenvalue weighted by Crippen LogP contribution is 2.28. The number of carbonyl (C=O) groups is 1. The van der Waals surface area contributed by atoms with Gasteiger partial charge in [0.05, 0.1) is 10.5 Å². The van der Waals surface area contributed by atoms with Crippen molar-refractivity contribution in [1.29, 1.82) is 0 Å². The fraction of sp³-hybridized carbons (Fsp3) is 0.286. The zero-order valence-corrected chi connectivity index (χ0v) is 14.6. The van der Waals surface area contributed by atoms with Crippen LogP contribution in [0.5, 0.6) is 5.75 Å². The van der Waals surface area contributed by atoms with Crippen molar-refractivity contribution >= 4 is 37.8 Å². The molecular weight excluding hydrogens is 402 g/mol. The molecule has 0 spiro atoms. The molecular formula is C14H15Br2N3O2. The van der Waals surface area contributed by atoms with Crippen molar-refractivity contribution in [1.82, 2.24) is 15.3 Å². The number of aromatic nitrogens is 2. The van der Waals surface area contributed by atoms with Gasteiger partial charge in [-0.2, -0.15) is 0 Å². The number of hydrogen-bond acceptors (Lipinski definition) is 3. The van der Waals surface area contributed by atoms with E-state index in [9.17, 15) is 4.79 Å². The molecule has 0 bridgehead atoms. The first-order valence-electron chi connectivity index (χ1n) is 6.46. The van der Waals surface area contributed by atoms with E-state index < -0.39 is 0 Å². The number of hydrogen-bond donors (Lipinski definition) is 2. The normalized spacial score (nSPS) is 12.0. The van der Waals surface area contributed by atoms with E-state index in [0.29, 0.717) is 5.75 Å². The molecule has 5 nitrogen and oxygen atoms in total.